The Balaban J connectivity index is 1.46. The summed E-state index contributed by atoms with van der Waals surface area (Å²) in [5.41, 5.74) is 2.63. The van der Waals surface area contributed by atoms with Gasteiger partial charge in [-0.05, 0) is 49.2 Å². The summed E-state index contributed by atoms with van der Waals surface area (Å²) in [4.78, 5) is 28.8. The Hall–Kier alpha value is -3.02. The number of rotatable bonds is 5. The zero-order valence-corrected chi connectivity index (χ0v) is 16.9. The highest BCUT2D eigenvalue weighted by molar-refractivity contribution is 5.98. The maximum Gasteiger partial charge on any atom is 0.253 e. The first-order valence-corrected chi connectivity index (χ1v) is 10.2. The van der Waals surface area contributed by atoms with Crippen molar-refractivity contribution in [2.24, 2.45) is 0 Å². The molecule has 0 bridgehead atoms. The Morgan fingerprint density at radius 2 is 1.93 bits per heavy atom. The highest BCUT2D eigenvalue weighted by Crippen LogP contribution is 2.32. The van der Waals surface area contributed by atoms with Gasteiger partial charge in [0.05, 0.1) is 6.54 Å². The van der Waals surface area contributed by atoms with Crippen molar-refractivity contribution in [1.29, 1.82) is 0 Å². The first-order valence-electron chi connectivity index (χ1n) is 10.2. The third-order valence-corrected chi connectivity index (χ3v) is 5.49. The third kappa shape index (κ3) is 3.79. The van der Waals surface area contributed by atoms with Crippen LogP contribution < -0.4 is 14.4 Å². The van der Waals surface area contributed by atoms with Crippen LogP contribution in [0.3, 0.4) is 0 Å². The lowest BCUT2D eigenvalue weighted by atomic mass is 10.1. The normalized spacial score (nSPS) is 17.0. The van der Waals surface area contributed by atoms with Crippen LogP contribution in [0.15, 0.2) is 42.5 Å². The number of para-hydroxylation sites is 2. The molecule has 2 amide bonds. The molecule has 29 heavy (non-hydrogen) atoms. The monoisotopic (exact) mass is 394 g/mol. The molecule has 0 radical (unpaired) electrons. The summed E-state index contributed by atoms with van der Waals surface area (Å²) in [6.45, 7) is 5.97. The van der Waals surface area contributed by atoms with E-state index in [4.69, 9.17) is 9.47 Å². The van der Waals surface area contributed by atoms with Crippen LogP contribution in [-0.2, 0) is 11.2 Å². The standard InChI is InChI=1S/C23H26N2O4/c1-3-22(26)25-12-11-16-13-17(9-10-19(16)25)23(27)24(4-2)14-18-15-28-20-7-5-6-8-21(20)29-18/h5-10,13,18H,3-4,11-12,14-15H2,1-2H3. The van der Waals surface area contributed by atoms with Gasteiger partial charge in [0.15, 0.2) is 17.6 Å². The van der Waals surface area contributed by atoms with E-state index in [1.165, 1.54) is 0 Å². The van der Waals surface area contributed by atoms with Gasteiger partial charge in [0.1, 0.15) is 6.61 Å². The topological polar surface area (TPSA) is 59.1 Å². The minimum absolute atomic E-state index is 0.0296. The van der Waals surface area contributed by atoms with Crippen molar-refractivity contribution >= 4 is 17.5 Å². The van der Waals surface area contributed by atoms with E-state index in [0.29, 0.717) is 44.0 Å². The van der Waals surface area contributed by atoms with Gasteiger partial charge in [0.2, 0.25) is 5.91 Å². The van der Waals surface area contributed by atoms with Gasteiger partial charge in [-0.3, -0.25) is 9.59 Å². The van der Waals surface area contributed by atoms with E-state index in [9.17, 15) is 9.59 Å². The number of amides is 2. The van der Waals surface area contributed by atoms with E-state index in [2.05, 4.69) is 0 Å². The number of carbonyl (C=O) groups is 2. The largest absolute Gasteiger partial charge is 0.486 e. The highest BCUT2D eigenvalue weighted by Gasteiger charge is 2.28. The number of benzene rings is 2. The van der Waals surface area contributed by atoms with Crippen molar-refractivity contribution < 1.29 is 19.1 Å². The Labute approximate surface area is 171 Å². The fourth-order valence-corrected chi connectivity index (χ4v) is 3.92. The number of hydrogen-bond acceptors (Lipinski definition) is 4. The molecule has 1 unspecified atom stereocenters. The second kappa shape index (κ2) is 8.15. The lowest BCUT2D eigenvalue weighted by Gasteiger charge is -2.31. The summed E-state index contributed by atoms with van der Waals surface area (Å²) in [5, 5.41) is 0. The van der Waals surface area contributed by atoms with Crippen LogP contribution >= 0.6 is 0 Å². The van der Waals surface area contributed by atoms with Gasteiger partial charge >= 0.3 is 0 Å². The van der Waals surface area contributed by atoms with Crippen LogP contribution in [0, 0.1) is 0 Å². The van der Waals surface area contributed by atoms with Gasteiger partial charge in [-0.25, -0.2) is 0 Å². The third-order valence-electron chi connectivity index (χ3n) is 5.49. The van der Waals surface area contributed by atoms with E-state index in [1.54, 1.807) is 4.90 Å². The predicted octanol–water partition coefficient (Wildman–Crippen LogP) is 3.29. The number of hydrogen-bond donors (Lipinski definition) is 0. The molecule has 0 fully saturated rings. The molecule has 2 aliphatic rings. The molecule has 0 N–H and O–H groups in total. The fraction of sp³-hybridized carbons (Fsp3) is 0.391. The van der Waals surface area contributed by atoms with Crippen LogP contribution in [0.1, 0.15) is 36.2 Å². The quantitative estimate of drug-likeness (QED) is 0.781. The molecular formula is C23H26N2O4. The zero-order chi connectivity index (χ0) is 20.4. The minimum atomic E-state index is -0.208. The number of nitrogens with zero attached hydrogens (tertiary/aromatic N) is 2. The average molecular weight is 394 g/mol. The molecule has 2 aliphatic heterocycles. The second-order valence-electron chi connectivity index (χ2n) is 7.33. The fourth-order valence-electron chi connectivity index (χ4n) is 3.92. The maximum atomic E-state index is 13.1. The lowest BCUT2D eigenvalue weighted by molar-refractivity contribution is -0.118. The molecule has 6 heteroatoms. The smallest absolute Gasteiger partial charge is 0.253 e. The molecule has 6 nitrogen and oxygen atoms in total. The van der Waals surface area contributed by atoms with Crippen molar-refractivity contribution in [2.45, 2.75) is 32.8 Å². The van der Waals surface area contributed by atoms with Gasteiger partial charge in [0.25, 0.3) is 5.91 Å². The van der Waals surface area contributed by atoms with Gasteiger partial charge < -0.3 is 19.3 Å². The Bertz CT molecular complexity index is 927. The first kappa shape index (κ1) is 19.3. The van der Waals surface area contributed by atoms with E-state index in [0.717, 1.165) is 23.4 Å². The van der Waals surface area contributed by atoms with Gasteiger partial charge in [-0.2, -0.15) is 0 Å². The molecule has 0 aliphatic carbocycles. The molecule has 4 rings (SSSR count). The summed E-state index contributed by atoms with van der Waals surface area (Å²) >= 11 is 0. The van der Waals surface area contributed by atoms with Crippen LogP contribution in [0.5, 0.6) is 11.5 Å². The molecule has 0 saturated carbocycles. The maximum absolute atomic E-state index is 13.1. The first-order chi connectivity index (χ1) is 14.1. The Morgan fingerprint density at radius 3 is 2.69 bits per heavy atom. The molecule has 2 aromatic carbocycles. The molecule has 2 aromatic rings. The highest BCUT2D eigenvalue weighted by atomic mass is 16.6. The zero-order valence-electron chi connectivity index (χ0n) is 16.9. The molecule has 1 atom stereocenters. The van der Waals surface area contributed by atoms with E-state index in [-0.39, 0.29) is 17.9 Å². The molecule has 0 saturated heterocycles. The second-order valence-corrected chi connectivity index (χ2v) is 7.33. The molecule has 0 spiro atoms. The molecule has 152 valence electrons. The number of anilines is 1. The van der Waals surface area contributed by atoms with E-state index in [1.807, 2.05) is 61.2 Å². The van der Waals surface area contributed by atoms with E-state index >= 15 is 0 Å². The van der Waals surface area contributed by atoms with Gasteiger partial charge in [-0.15, -0.1) is 0 Å². The van der Waals surface area contributed by atoms with Crippen LogP contribution in [0.2, 0.25) is 0 Å². The van der Waals surface area contributed by atoms with Gasteiger partial charge in [-0.1, -0.05) is 19.1 Å². The Kier molecular flexibility index (Phi) is 5.43. The predicted molar refractivity (Wildman–Crippen MR) is 111 cm³/mol. The van der Waals surface area contributed by atoms with Crippen LogP contribution in [-0.4, -0.2) is 49.1 Å². The minimum Gasteiger partial charge on any atom is -0.486 e. The molecule has 2 heterocycles. The number of ether oxygens (including phenoxy) is 2. The van der Waals surface area contributed by atoms with Crippen molar-refractivity contribution in [3.05, 3.63) is 53.6 Å². The Morgan fingerprint density at radius 1 is 1.14 bits per heavy atom. The number of carbonyl (C=O) groups excluding carboxylic acids is 2. The summed E-state index contributed by atoms with van der Waals surface area (Å²) in [6.07, 6.45) is 1.06. The molecule has 0 aromatic heterocycles. The van der Waals surface area contributed by atoms with Crippen molar-refractivity contribution in [3.63, 3.8) is 0 Å². The summed E-state index contributed by atoms with van der Waals surface area (Å²) in [7, 11) is 0. The summed E-state index contributed by atoms with van der Waals surface area (Å²) < 4.78 is 11.8. The van der Waals surface area contributed by atoms with Crippen molar-refractivity contribution in [2.75, 3.05) is 31.1 Å². The summed E-state index contributed by atoms with van der Waals surface area (Å²) in [6, 6.07) is 13.2. The van der Waals surface area contributed by atoms with E-state index < -0.39 is 0 Å². The summed E-state index contributed by atoms with van der Waals surface area (Å²) in [5.74, 6) is 1.54. The van der Waals surface area contributed by atoms with Crippen molar-refractivity contribution in [3.8, 4) is 11.5 Å². The van der Waals surface area contributed by atoms with Crippen LogP contribution in [0.4, 0.5) is 5.69 Å². The lowest BCUT2D eigenvalue weighted by Crippen LogP contribution is -2.43. The number of likely N-dealkylation sites (N-methyl/N-ethyl adjacent to an activating group) is 1. The van der Waals surface area contributed by atoms with Crippen LogP contribution in [0.25, 0.3) is 0 Å². The number of fused-ring (bicyclic) bond motifs is 2. The van der Waals surface area contributed by atoms with Gasteiger partial charge in [0, 0.05) is 30.8 Å². The molecular weight excluding hydrogens is 368 g/mol. The van der Waals surface area contributed by atoms with Crippen molar-refractivity contribution in [1.82, 2.24) is 4.90 Å². The average Bonchev–Trinajstić information content (AvgIpc) is 3.19. The SMILES string of the molecule is CCC(=O)N1CCc2cc(C(=O)N(CC)CC3COc4ccccc4O3)ccc21.